The Hall–Kier alpha value is 1.20. The fourth-order valence-corrected chi connectivity index (χ4v) is 2.99. The summed E-state index contributed by atoms with van der Waals surface area (Å²) in [6, 6.07) is 0. The van der Waals surface area contributed by atoms with Crippen molar-refractivity contribution in [2.75, 3.05) is 0 Å². The van der Waals surface area contributed by atoms with Crippen molar-refractivity contribution in [2.45, 2.75) is 43.0 Å². The summed E-state index contributed by atoms with van der Waals surface area (Å²) in [6.07, 6.45) is 6.88. The van der Waals surface area contributed by atoms with Crippen LogP contribution >= 0.6 is 45.2 Å². The van der Waals surface area contributed by atoms with Crippen LogP contribution in [0.1, 0.15) is 39.0 Å². The van der Waals surface area contributed by atoms with Crippen molar-refractivity contribution >= 4 is 45.2 Å². The van der Waals surface area contributed by atoms with Crippen LogP contribution < -0.4 is 0 Å². The van der Waals surface area contributed by atoms with Gasteiger partial charge < -0.3 is 0 Å². The highest BCUT2D eigenvalue weighted by Crippen LogP contribution is 2.41. The maximum Gasteiger partial charge on any atom is 0.0454 e. The van der Waals surface area contributed by atoms with Crippen LogP contribution in [-0.2, 0) is 0 Å². The number of halogens is 2. The first-order chi connectivity index (χ1) is 5.25. The van der Waals surface area contributed by atoms with Crippen LogP contribution in [0, 0.1) is 0 Å². The third-order valence-electron chi connectivity index (χ3n) is 2.12. The molecule has 0 spiro atoms. The summed E-state index contributed by atoms with van der Waals surface area (Å²) in [4.78, 5) is 0. The summed E-state index contributed by atoms with van der Waals surface area (Å²) >= 11 is 5.04. The van der Waals surface area contributed by atoms with Gasteiger partial charge in [0.15, 0.2) is 0 Å². The van der Waals surface area contributed by atoms with Gasteiger partial charge in [0.2, 0.25) is 0 Å². The van der Waals surface area contributed by atoms with Crippen LogP contribution in [0.15, 0.2) is 9.15 Å². The summed E-state index contributed by atoms with van der Waals surface area (Å²) in [6.45, 7) is 2.27. The number of alkyl halides is 1. The standard InChI is InChI=1S/C9H14I2/c1-2-3-4-5-7-6-8(10)9(7)11/h8H,2-6H2,1H3. The summed E-state index contributed by atoms with van der Waals surface area (Å²) in [7, 11) is 0. The van der Waals surface area contributed by atoms with Gasteiger partial charge >= 0.3 is 0 Å². The molecule has 0 saturated carbocycles. The summed E-state index contributed by atoms with van der Waals surface area (Å²) in [5.74, 6) is 0. The predicted octanol–water partition coefficient (Wildman–Crippen LogP) is 4.46. The molecule has 0 aromatic carbocycles. The number of rotatable bonds is 4. The molecule has 0 saturated heterocycles. The maximum absolute atomic E-state index is 2.53. The normalized spacial score (nSPS) is 23.7. The SMILES string of the molecule is CCCCCC1=C(I)C(I)C1. The Morgan fingerprint density at radius 1 is 1.45 bits per heavy atom. The van der Waals surface area contributed by atoms with Gasteiger partial charge in [0.05, 0.1) is 0 Å². The molecule has 64 valence electrons. The van der Waals surface area contributed by atoms with E-state index in [9.17, 15) is 0 Å². The van der Waals surface area contributed by atoms with E-state index in [4.69, 9.17) is 0 Å². The van der Waals surface area contributed by atoms with Crippen LogP contribution in [0.4, 0.5) is 0 Å². The highest BCUT2D eigenvalue weighted by Gasteiger charge is 2.23. The first-order valence-electron chi connectivity index (χ1n) is 4.27. The monoisotopic (exact) mass is 376 g/mol. The number of allylic oxidation sites excluding steroid dienone is 2. The van der Waals surface area contributed by atoms with E-state index in [0.29, 0.717) is 0 Å². The van der Waals surface area contributed by atoms with Gasteiger partial charge in [-0.05, 0) is 41.9 Å². The van der Waals surface area contributed by atoms with E-state index in [1.807, 2.05) is 0 Å². The number of hydrogen-bond donors (Lipinski definition) is 0. The Labute approximate surface area is 96.5 Å². The van der Waals surface area contributed by atoms with Crippen molar-refractivity contribution in [3.05, 3.63) is 9.15 Å². The van der Waals surface area contributed by atoms with Crippen molar-refractivity contribution in [3.63, 3.8) is 0 Å². The fraction of sp³-hybridized carbons (Fsp3) is 0.778. The smallest absolute Gasteiger partial charge is 0.0454 e. The maximum atomic E-state index is 2.53. The second kappa shape index (κ2) is 5.04. The highest BCUT2D eigenvalue weighted by molar-refractivity contribution is 14.1. The number of unbranched alkanes of at least 4 members (excludes halogenated alkanes) is 2. The van der Waals surface area contributed by atoms with Crippen molar-refractivity contribution in [1.82, 2.24) is 0 Å². The van der Waals surface area contributed by atoms with E-state index in [0.717, 1.165) is 3.92 Å². The quantitative estimate of drug-likeness (QED) is 0.386. The van der Waals surface area contributed by atoms with E-state index in [2.05, 4.69) is 52.1 Å². The van der Waals surface area contributed by atoms with Crippen LogP contribution in [0.2, 0.25) is 0 Å². The van der Waals surface area contributed by atoms with Gasteiger partial charge in [0.1, 0.15) is 0 Å². The third kappa shape index (κ3) is 2.86. The molecule has 2 heteroatoms. The number of hydrogen-bond acceptors (Lipinski definition) is 0. The van der Waals surface area contributed by atoms with Gasteiger partial charge in [-0.15, -0.1) is 0 Å². The zero-order chi connectivity index (χ0) is 8.27. The molecule has 1 unspecified atom stereocenters. The Balaban J connectivity index is 2.19. The molecule has 0 aliphatic heterocycles. The fourth-order valence-electron chi connectivity index (χ4n) is 1.30. The van der Waals surface area contributed by atoms with Crippen LogP contribution in [-0.4, -0.2) is 3.92 Å². The molecule has 1 aliphatic carbocycles. The second-order valence-corrected chi connectivity index (χ2v) is 5.75. The molecule has 0 radical (unpaired) electrons. The van der Waals surface area contributed by atoms with Gasteiger partial charge in [0, 0.05) is 7.50 Å². The van der Waals surface area contributed by atoms with Crippen molar-refractivity contribution in [2.24, 2.45) is 0 Å². The molecule has 0 amide bonds. The molecule has 1 rings (SSSR count). The predicted molar refractivity (Wildman–Crippen MR) is 67.6 cm³/mol. The summed E-state index contributed by atoms with van der Waals surface area (Å²) < 4.78 is 2.49. The molecule has 0 nitrogen and oxygen atoms in total. The lowest BCUT2D eigenvalue weighted by atomic mass is 9.94. The minimum atomic E-state index is 0.852. The van der Waals surface area contributed by atoms with Gasteiger partial charge in [-0.25, -0.2) is 0 Å². The Kier molecular flexibility index (Phi) is 4.71. The topological polar surface area (TPSA) is 0 Å². The molecule has 0 aromatic heterocycles. The molecule has 11 heavy (non-hydrogen) atoms. The van der Waals surface area contributed by atoms with Crippen LogP contribution in [0.5, 0.6) is 0 Å². The van der Waals surface area contributed by atoms with E-state index in [1.54, 1.807) is 9.15 Å². The lowest BCUT2D eigenvalue weighted by Crippen LogP contribution is -2.13. The molecule has 1 atom stereocenters. The van der Waals surface area contributed by atoms with Crippen molar-refractivity contribution in [3.8, 4) is 0 Å². The highest BCUT2D eigenvalue weighted by atomic mass is 127. The zero-order valence-electron chi connectivity index (χ0n) is 6.87. The average molecular weight is 376 g/mol. The second-order valence-electron chi connectivity index (χ2n) is 3.08. The molecule has 1 aliphatic rings. The Morgan fingerprint density at radius 2 is 2.18 bits per heavy atom. The molecular formula is C9H14I2. The summed E-state index contributed by atoms with van der Waals surface area (Å²) in [5, 5.41) is 0. The average Bonchev–Trinajstić information content (AvgIpc) is 2.03. The van der Waals surface area contributed by atoms with E-state index >= 15 is 0 Å². The van der Waals surface area contributed by atoms with Crippen molar-refractivity contribution < 1.29 is 0 Å². The lowest BCUT2D eigenvalue weighted by Gasteiger charge is -2.25. The summed E-state index contributed by atoms with van der Waals surface area (Å²) in [5.41, 5.74) is 1.73. The van der Waals surface area contributed by atoms with Crippen LogP contribution in [0.3, 0.4) is 0 Å². The Bertz CT molecular complexity index is 161. The minimum absolute atomic E-state index is 0.852. The van der Waals surface area contributed by atoms with Gasteiger partial charge in [0.25, 0.3) is 0 Å². The van der Waals surface area contributed by atoms with Gasteiger partial charge in [-0.1, -0.05) is 47.9 Å². The molecule has 0 aromatic rings. The van der Waals surface area contributed by atoms with E-state index in [-0.39, 0.29) is 0 Å². The van der Waals surface area contributed by atoms with E-state index in [1.165, 1.54) is 32.1 Å². The molecule has 0 bridgehead atoms. The largest absolute Gasteiger partial charge is 0.0766 e. The first kappa shape index (κ1) is 10.3. The Morgan fingerprint density at radius 3 is 2.64 bits per heavy atom. The zero-order valence-corrected chi connectivity index (χ0v) is 11.2. The van der Waals surface area contributed by atoms with E-state index < -0.39 is 0 Å². The molecular weight excluding hydrogens is 362 g/mol. The van der Waals surface area contributed by atoms with Gasteiger partial charge in [-0.2, -0.15) is 0 Å². The molecule has 0 N–H and O–H groups in total. The minimum Gasteiger partial charge on any atom is -0.0766 e. The molecule has 0 heterocycles. The van der Waals surface area contributed by atoms with Crippen molar-refractivity contribution in [1.29, 1.82) is 0 Å². The van der Waals surface area contributed by atoms with Gasteiger partial charge in [-0.3, -0.25) is 0 Å². The third-order valence-corrected chi connectivity index (χ3v) is 5.89. The molecule has 0 fully saturated rings. The lowest BCUT2D eigenvalue weighted by molar-refractivity contribution is 0.679. The van der Waals surface area contributed by atoms with Crippen LogP contribution in [0.25, 0.3) is 0 Å². The first-order valence-corrected chi connectivity index (χ1v) is 6.59.